The molecule has 0 saturated carbocycles. The van der Waals surface area contributed by atoms with E-state index in [4.69, 9.17) is 0 Å². The van der Waals surface area contributed by atoms with E-state index in [-0.39, 0.29) is 16.3 Å². The van der Waals surface area contributed by atoms with Crippen LogP contribution in [0.3, 0.4) is 0 Å². The Morgan fingerprint density at radius 3 is 2.46 bits per heavy atom. The lowest BCUT2D eigenvalue weighted by atomic mass is 10.00. The molecule has 0 unspecified atom stereocenters. The summed E-state index contributed by atoms with van der Waals surface area (Å²) in [7, 11) is 0. The molecule has 1 heterocycles. The van der Waals surface area contributed by atoms with Gasteiger partial charge in [-0.1, -0.05) is 51.8 Å². The van der Waals surface area contributed by atoms with Crippen LogP contribution in [0.15, 0.2) is 58.1 Å². The van der Waals surface area contributed by atoms with Crippen LogP contribution < -0.4 is 0 Å². The van der Waals surface area contributed by atoms with E-state index in [2.05, 4.69) is 21.0 Å². The third-order valence-corrected chi connectivity index (χ3v) is 4.58. The standard InChI is InChI=1S/C18H14BrF3N2O2/c1-11-5-7-12(8-6-11)15-10-17(26,18(20,21)22)24(23-15)16(25)13-3-2-4-14(19)9-13/h2-9,26H,10H2,1H3/t17-/m1/s1. The molecule has 0 aliphatic carbocycles. The third-order valence-electron chi connectivity index (χ3n) is 4.09. The summed E-state index contributed by atoms with van der Waals surface area (Å²) in [5, 5.41) is 14.3. The minimum Gasteiger partial charge on any atom is -0.362 e. The van der Waals surface area contributed by atoms with Gasteiger partial charge in [-0.2, -0.15) is 23.3 Å². The van der Waals surface area contributed by atoms with E-state index >= 15 is 0 Å². The Kier molecular flexibility index (Phi) is 4.66. The molecule has 1 atom stereocenters. The summed E-state index contributed by atoms with van der Waals surface area (Å²) in [6.45, 7) is 1.84. The molecule has 2 aromatic rings. The van der Waals surface area contributed by atoms with Crippen molar-refractivity contribution in [1.29, 1.82) is 0 Å². The number of nitrogens with zero attached hydrogens (tertiary/aromatic N) is 2. The molecule has 1 aliphatic heterocycles. The maximum atomic E-state index is 13.6. The first kappa shape index (κ1) is 18.6. The lowest BCUT2D eigenvalue weighted by Gasteiger charge is -2.32. The molecule has 2 aromatic carbocycles. The molecule has 1 amide bonds. The normalized spacial score (nSPS) is 20.2. The Labute approximate surface area is 156 Å². The van der Waals surface area contributed by atoms with E-state index in [1.54, 1.807) is 30.3 Å². The van der Waals surface area contributed by atoms with Crippen LogP contribution in [0.2, 0.25) is 0 Å². The monoisotopic (exact) mass is 426 g/mol. The van der Waals surface area contributed by atoms with Crippen molar-refractivity contribution >= 4 is 27.5 Å². The third kappa shape index (κ3) is 3.26. The van der Waals surface area contributed by atoms with Gasteiger partial charge < -0.3 is 5.11 Å². The number of carbonyl (C=O) groups is 1. The molecule has 1 aliphatic rings. The van der Waals surface area contributed by atoms with Gasteiger partial charge in [-0.15, -0.1) is 0 Å². The summed E-state index contributed by atoms with van der Waals surface area (Å²) in [6, 6.07) is 12.6. The van der Waals surface area contributed by atoms with E-state index < -0.39 is 24.2 Å². The molecule has 0 aromatic heterocycles. The topological polar surface area (TPSA) is 52.9 Å². The van der Waals surface area contributed by atoms with Gasteiger partial charge >= 0.3 is 6.18 Å². The summed E-state index contributed by atoms with van der Waals surface area (Å²) >= 11 is 3.17. The SMILES string of the molecule is Cc1ccc(C2=NN(C(=O)c3cccc(Br)c3)[C@](O)(C(F)(F)F)C2)cc1. The summed E-state index contributed by atoms with van der Waals surface area (Å²) in [5.41, 5.74) is -2.07. The average Bonchev–Trinajstić information content (AvgIpc) is 2.94. The van der Waals surface area contributed by atoms with Crippen LogP contribution in [-0.2, 0) is 0 Å². The van der Waals surface area contributed by atoms with Crippen LogP contribution in [0.1, 0.15) is 27.9 Å². The van der Waals surface area contributed by atoms with Crippen molar-refractivity contribution in [2.24, 2.45) is 5.10 Å². The van der Waals surface area contributed by atoms with Crippen LogP contribution in [0.25, 0.3) is 0 Å². The molecule has 0 radical (unpaired) electrons. The van der Waals surface area contributed by atoms with E-state index in [0.717, 1.165) is 5.56 Å². The van der Waals surface area contributed by atoms with Gasteiger partial charge in [-0.25, -0.2) is 0 Å². The van der Waals surface area contributed by atoms with Crippen LogP contribution in [0.5, 0.6) is 0 Å². The summed E-state index contributed by atoms with van der Waals surface area (Å²) in [4.78, 5) is 12.6. The molecule has 26 heavy (non-hydrogen) atoms. The number of carbonyl (C=O) groups excluding carboxylic acids is 1. The number of hydrogen-bond acceptors (Lipinski definition) is 3. The van der Waals surface area contributed by atoms with Gasteiger partial charge in [0.25, 0.3) is 11.6 Å². The number of alkyl halides is 3. The molecule has 136 valence electrons. The fourth-order valence-electron chi connectivity index (χ4n) is 2.63. The molecule has 0 saturated heterocycles. The highest BCUT2D eigenvalue weighted by Gasteiger charge is 2.63. The Morgan fingerprint density at radius 2 is 1.88 bits per heavy atom. The van der Waals surface area contributed by atoms with Crippen molar-refractivity contribution in [3.63, 3.8) is 0 Å². The molecule has 0 spiro atoms. The molecule has 3 rings (SSSR count). The van der Waals surface area contributed by atoms with Gasteiger partial charge in [0.1, 0.15) is 0 Å². The summed E-state index contributed by atoms with van der Waals surface area (Å²) in [5.74, 6) is -1.03. The van der Waals surface area contributed by atoms with E-state index in [0.29, 0.717) is 10.0 Å². The zero-order valence-corrected chi connectivity index (χ0v) is 15.2. The van der Waals surface area contributed by atoms with Gasteiger partial charge in [0.05, 0.1) is 12.1 Å². The quantitative estimate of drug-likeness (QED) is 0.779. The van der Waals surface area contributed by atoms with Crippen LogP contribution in [-0.4, -0.2) is 33.6 Å². The molecular weight excluding hydrogens is 413 g/mol. The second kappa shape index (κ2) is 6.51. The predicted octanol–water partition coefficient (Wildman–Crippen LogP) is 4.26. The van der Waals surface area contributed by atoms with Crippen molar-refractivity contribution in [1.82, 2.24) is 5.01 Å². The van der Waals surface area contributed by atoms with Crippen molar-refractivity contribution in [3.05, 3.63) is 69.7 Å². The second-order valence-corrected chi connectivity index (χ2v) is 6.95. The Morgan fingerprint density at radius 1 is 1.23 bits per heavy atom. The van der Waals surface area contributed by atoms with Gasteiger partial charge in [0.2, 0.25) is 0 Å². The number of hydrazone groups is 1. The second-order valence-electron chi connectivity index (χ2n) is 6.03. The fourth-order valence-corrected chi connectivity index (χ4v) is 3.03. The molecule has 8 heteroatoms. The highest BCUT2D eigenvalue weighted by molar-refractivity contribution is 9.10. The summed E-state index contributed by atoms with van der Waals surface area (Å²) in [6.07, 6.45) is -5.90. The lowest BCUT2D eigenvalue weighted by molar-refractivity contribution is -0.297. The van der Waals surface area contributed by atoms with Gasteiger partial charge in [0, 0.05) is 10.0 Å². The first-order valence-corrected chi connectivity index (χ1v) is 8.45. The van der Waals surface area contributed by atoms with Crippen molar-refractivity contribution in [3.8, 4) is 0 Å². The highest BCUT2D eigenvalue weighted by Crippen LogP contribution is 2.42. The number of rotatable bonds is 2. The molecular formula is C18H14BrF3N2O2. The van der Waals surface area contributed by atoms with E-state index in [1.807, 2.05) is 6.92 Å². The minimum atomic E-state index is -5.06. The Bertz CT molecular complexity index is 881. The lowest BCUT2D eigenvalue weighted by Crippen LogP contribution is -2.56. The maximum absolute atomic E-state index is 13.6. The first-order chi connectivity index (χ1) is 12.1. The number of amides is 1. The van der Waals surface area contributed by atoms with Crippen molar-refractivity contribution < 1.29 is 23.1 Å². The molecule has 0 bridgehead atoms. The zero-order valence-electron chi connectivity index (χ0n) is 13.6. The predicted molar refractivity (Wildman–Crippen MR) is 93.6 cm³/mol. The first-order valence-electron chi connectivity index (χ1n) is 7.65. The number of benzene rings is 2. The van der Waals surface area contributed by atoms with E-state index in [1.165, 1.54) is 18.2 Å². The van der Waals surface area contributed by atoms with Gasteiger partial charge in [0.15, 0.2) is 0 Å². The molecule has 4 nitrogen and oxygen atoms in total. The number of halogens is 4. The van der Waals surface area contributed by atoms with Crippen molar-refractivity contribution in [2.75, 3.05) is 0 Å². The number of aryl methyl sites for hydroxylation is 1. The number of hydrogen-bond donors (Lipinski definition) is 1. The summed E-state index contributed by atoms with van der Waals surface area (Å²) < 4.78 is 41.3. The largest absolute Gasteiger partial charge is 0.438 e. The molecule has 0 fully saturated rings. The fraction of sp³-hybridized carbons (Fsp3) is 0.222. The Hall–Kier alpha value is -2.19. The Balaban J connectivity index is 2.05. The van der Waals surface area contributed by atoms with Crippen LogP contribution in [0.4, 0.5) is 13.2 Å². The highest BCUT2D eigenvalue weighted by atomic mass is 79.9. The van der Waals surface area contributed by atoms with Crippen LogP contribution in [0, 0.1) is 6.92 Å². The minimum absolute atomic E-state index is 0.00632. The smallest absolute Gasteiger partial charge is 0.362 e. The number of aliphatic hydroxyl groups is 1. The zero-order chi connectivity index (χ0) is 19.1. The van der Waals surface area contributed by atoms with Crippen molar-refractivity contribution in [2.45, 2.75) is 25.2 Å². The van der Waals surface area contributed by atoms with E-state index in [9.17, 15) is 23.1 Å². The maximum Gasteiger partial charge on any atom is 0.438 e. The van der Waals surface area contributed by atoms with Gasteiger partial charge in [-0.3, -0.25) is 4.79 Å². The average molecular weight is 427 g/mol. The molecule has 1 N–H and O–H groups in total. The van der Waals surface area contributed by atoms with Crippen LogP contribution >= 0.6 is 15.9 Å². The van der Waals surface area contributed by atoms with Gasteiger partial charge in [-0.05, 0) is 30.7 Å².